The summed E-state index contributed by atoms with van der Waals surface area (Å²) in [4.78, 5) is 11.6. The van der Waals surface area contributed by atoms with E-state index in [1.165, 1.54) is 10.9 Å². The van der Waals surface area contributed by atoms with Crippen LogP contribution in [0.5, 0.6) is 0 Å². The first-order valence-corrected chi connectivity index (χ1v) is 5.64. The SMILES string of the molecule is CSCC[C@H](N)C(=O)n1ccc(N)n1. The Bertz CT molecular complexity index is 312. The summed E-state index contributed by atoms with van der Waals surface area (Å²) in [6.07, 6.45) is 4.15. The second-order valence-electron chi connectivity index (χ2n) is 2.91. The molecule has 0 aromatic carbocycles. The largest absolute Gasteiger partial charge is 0.382 e. The molecule has 0 aliphatic heterocycles. The lowest BCUT2D eigenvalue weighted by atomic mass is 10.2. The highest BCUT2D eigenvalue weighted by Gasteiger charge is 2.15. The van der Waals surface area contributed by atoms with E-state index in [2.05, 4.69) is 5.10 Å². The topological polar surface area (TPSA) is 86.9 Å². The Labute approximate surface area is 86.8 Å². The summed E-state index contributed by atoms with van der Waals surface area (Å²) in [5.74, 6) is 0.982. The van der Waals surface area contributed by atoms with Crippen molar-refractivity contribution in [3.05, 3.63) is 12.3 Å². The third-order valence-electron chi connectivity index (χ3n) is 1.79. The van der Waals surface area contributed by atoms with E-state index in [-0.39, 0.29) is 5.91 Å². The van der Waals surface area contributed by atoms with E-state index >= 15 is 0 Å². The molecule has 4 N–H and O–H groups in total. The highest BCUT2D eigenvalue weighted by Crippen LogP contribution is 2.02. The summed E-state index contributed by atoms with van der Waals surface area (Å²) in [6, 6.07) is 1.07. The van der Waals surface area contributed by atoms with E-state index in [9.17, 15) is 4.79 Å². The molecule has 0 bridgehead atoms. The maximum Gasteiger partial charge on any atom is 0.263 e. The lowest BCUT2D eigenvalue weighted by Crippen LogP contribution is -2.35. The highest BCUT2D eigenvalue weighted by atomic mass is 32.2. The molecule has 0 spiro atoms. The smallest absolute Gasteiger partial charge is 0.263 e. The zero-order valence-electron chi connectivity index (χ0n) is 8.01. The molecule has 1 rings (SSSR count). The number of anilines is 1. The molecule has 5 nitrogen and oxygen atoms in total. The zero-order valence-corrected chi connectivity index (χ0v) is 8.83. The number of hydrogen-bond acceptors (Lipinski definition) is 5. The van der Waals surface area contributed by atoms with Crippen molar-refractivity contribution in [1.29, 1.82) is 0 Å². The molecule has 14 heavy (non-hydrogen) atoms. The first-order chi connectivity index (χ1) is 6.65. The van der Waals surface area contributed by atoms with Crippen molar-refractivity contribution in [3.8, 4) is 0 Å². The van der Waals surface area contributed by atoms with Crippen LogP contribution in [-0.4, -0.2) is 33.7 Å². The highest BCUT2D eigenvalue weighted by molar-refractivity contribution is 7.98. The fourth-order valence-electron chi connectivity index (χ4n) is 0.999. The molecule has 1 atom stereocenters. The van der Waals surface area contributed by atoms with Crippen LogP contribution in [-0.2, 0) is 0 Å². The van der Waals surface area contributed by atoms with Crippen molar-refractivity contribution >= 4 is 23.5 Å². The Morgan fingerprint density at radius 1 is 1.79 bits per heavy atom. The van der Waals surface area contributed by atoms with E-state index < -0.39 is 6.04 Å². The van der Waals surface area contributed by atoms with Crippen LogP contribution < -0.4 is 11.5 Å². The van der Waals surface area contributed by atoms with Crippen molar-refractivity contribution < 1.29 is 4.79 Å². The number of carbonyl (C=O) groups excluding carboxylic acids is 1. The molecule has 0 fully saturated rings. The Morgan fingerprint density at radius 2 is 2.50 bits per heavy atom. The Kier molecular flexibility index (Phi) is 3.97. The van der Waals surface area contributed by atoms with Gasteiger partial charge in [0.15, 0.2) is 0 Å². The number of hydrogen-bond donors (Lipinski definition) is 2. The van der Waals surface area contributed by atoms with Gasteiger partial charge in [0.25, 0.3) is 5.91 Å². The van der Waals surface area contributed by atoms with Gasteiger partial charge in [-0.2, -0.15) is 11.8 Å². The van der Waals surface area contributed by atoms with Crippen molar-refractivity contribution in [1.82, 2.24) is 9.78 Å². The van der Waals surface area contributed by atoms with Gasteiger partial charge in [0.2, 0.25) is 0 Å². The molecular formula is C8H14N4OS. The number of carbonyl (C=O) groups is 1. The second-order valence-corrected chi connectivity index (χ2v) is 3.90. The first kappa shape index (κ1) is 11.1. The number of nitrogens with two attached hydrogens (primary N) is 2. The molecule has 1 aromatic rings. The molecule has 78 valence electrons. The molecular weight excluding hydrogens is 200 g/mol. The summed E-state index contributed by atoms with van der Waals surface area (Å²) in [7, 11) is 0. The van der Waals surface area contributed by atoms with Gasteiger partial charge in [-0.3, -0.25) is 4.79 Å². The van der Waals surface area contributed by atoms with Gasteiger partial charge in [-0.05, 0) is 18.4 Å². The predicted octanol–water partition coefficient (Wildman–Crippen LogP) is 0.186. The summed E-state index contributed by atoms with van der Waals surface area (Å²) < 4.78 is 1.19. The minimum absolute atomic E-state index is 0.212. The van der Waals surface area contributed by atoms with Gasteiger partial charge in [0.1, 0.15) is 5.82 Å². The van der Waals surface area contributed by atoms with E-state index in [0.717, 1.165) is 5.75 Å². The molecule has 0 amide bonds. The van der Waals surface area contributed by atoms with Gasteiger partial charge in [-0.25, -0.2) is 4.68 Å². The summed E-state index contributed by atoms with van der Waals surface area (Å²) >= 11 is 1.66. The normalized spacial score (nSPS) is 12.7. The van der Waals surface area contributed by atoms with Crippen LogP contribution in [0.1, 0.15) is 11.2 Å². The second kappa shape index (κ2) is 5.02. The van der Waals surface area contributed by atoms with Gasteiger partial charge < -0.3 is 11.5 Å². The quantitative estimate of drug-likeness (QED) is 0.747. The summed E-state index contributed by atoms with van der Waals surface area (Å²) in [5.41, 5.74) is 11.1. The molecule has 0 saturated carbocycles. The van der Waals surface area contributed by atoms with Crippen LogP contribution in [0.2, 0.25) is 0 Å². The molecule has 0 saturated heterocycles. The molecule has 6 heteroatoms. The number of aromatic nitrogens is 2. The van der Waals surface area contributed by atoms with Gasteiger partial charge in [-0.1, -0.05) is 0 Å². The fourth-order valence-corrected chi connectivity index (χ4v) is 1.49. The van der Waals surface area contributed by atoms with Crippen LogP contribution in [0.4, 0.5) is 5.82 Å². The Hall–Kier alpha value is -1.01. The van der Waals surface area contributed by atoms with Crippen molar-refractivity contribution in [2.24, 2.45) is 5.73 Å². The van der Waals surface area contributed by atoms with Crippen LogP contribution in [0.15, 0.2) is 12.3 Å². The van der Waals surface area contributed by atoms with Crippen LogP contribution in [0.25, 0.3) is 0 Å². The summed E-state index contributed by atoms with van der Waals surface area (Å²) in [5, 5.41) is 3.80. The van der Waals surface area contributed by atoms with Gasteiger partial charge in [0, 0.05) is 12.3 Å². The molecule has 1 aromatic heterocycles. The first-order valence-electron chi connectivity index (χ1n) is 4.25. The van der Waals surface area contributed by atoms with Crippen LogP contribution in [0.3, 0.4) is 0 Å². The van der Waals surface area contributed by atoms with Crippen molar-refractivity contribution in [2.45, 2.75) is 12.5 Å². The van der Waals surface area contributed by atoms with E-state index in [0.29, 0.717) is 12.2 Å². The Balaban J connectivity index is 2.56. The van der Waals surface area contributed by atoms with Crippen molar-refractivity contribution in [3.63, 3.8) is 0 Å². The lowest BCUT2D eigenvalue weighted by molar-refractivity contribution is 0.0862. The predicted molar refractivity (Wildman–Crippen MR) is 58.2 cm³/mol. The average Bonchev–Trinajstić information content (AvgIpc) is 2.60. The molecule has 0 aliphatic carbocycles. The standard InChI is InChI=1S/C8H14N4OS/c1-14-5-3-6(9)8(13)12-4-2-7(10)11-12/h2,4,6H,3,5,9H2,1H3,(H2,10,11)/t6-/m0/s1. The number of thioether (sulfide) groups is 1. The third-order valence-corrected chi connectivity index (χ3v) is 2.43. The number of nitrogen functional groups attached to an aromatic ring is 1. The monoisotopic (exact) mass is 214 g/mol. The minimum Gasteiger partial charge on any atom is -0.382 e. The van der Waals surface area contributed by atoms with E-state index in [1.807, 2.05) is 6.26 Å². The minimum atomic E-state index is -0.498. The summed E-state index contributed by atoms with van der Waals surface area (Å²) in [6.45, 7) is 0. The maximum absolute atomic E-state index is 11.6. The fraction of sp³-hybridized carbons (Fsp3) is 0.500. The average molecular weight is 214 g/mol. The van der Waals surface area contributed by atoms with Gasteiger partial charge in [0.05, 0.1) is 6.04 Å². The molecule has 0 radical (unpaired) electrons. The molecule has 0 aliphatic rings. The van der Waals surface area contributed by atoms with Gasteiger partial charge in [-0.15, -0.1) is 5.10 Å². The third kappa shape index (κ3) is 2.74. The zero-order chi connectivity index (χ0) is 10.6. The number of rotatable bonds is 4. The Morgan fingerprint density at radius 3 is 3.00 bits per heavy atom. The lowest BCUT2D eigenvalue weighted by Gasteiger charge is -2.08. The molecule has 0 unspecified atom stereocenters. The van der Waals surface area contributed by atoms with Crippen molar-refractivity contribution in [2.75, 3.05) is 17.7 Å². The molecule has 1 heterocycles. The van der Waals surface area contributed by atoms with Crippen LogP contribution >= 0.6 is 11.8 Å². The maximum atomic E-state index is 11.6. The van der Waals surface area contributed by atoms with Gasteiger partial charge >= 0.3 is 0 Å². The van der Waals surface area contributed by atoms with E-state index in [4.69, 9.17) is 11.5 Å². The van der Waals surface area contributed by atoms with Crippen LogP contribution in [0, 0.1) is 0 Å². The number of nitrogens with zero attached hydrogens (tertiary/aromatic N) is 2. The van der Waals surface area contributed by atoms with E-state index in [1.54, 1.807) is 17.8 Å².